The van der Waals surface area contributed by atoms with E-state index in [1.165, 1.54) is 18.2 Å². The van der Waals surface area contributed by atoms with Gasteiger partial charge in [-0.15, -0.1) is 0 Å². The van der Waals surface area contributed by atoms with Crippen LogP contribution in [-0.4, -0.2) is 25.5 Å². The molecular formula is C15H19F3N2O. The topological polar surface area (TPSA) is 41.1 Å². The Balaban J connectivity index is 2.04. The largest absolute Gasteiger partial charge is 0.417 e. The third-order valence-electron chi connectivity index (χ3n) is 3.96. The molecule has 0 saturated carbocycles. The number of benzene rings is 1. The van der Waals surface area contributed by atoms with Crippen LogP contribution in [0.1, 0.15) is 29.3 Å². The van der Waals surface area contributed by atoms with Crippen LogP contribution in [0.25, 0.3) is 0 Å². The fourth-order valence-corrected chi connectivity index (χ4v) is 2.62. The zero-order chi connectivity index (χ0) is 15.5. The van der Waals surface area contributed by atoms with Gasteiger partial charge in [-0.25, -0.2) is 0 Å². The molecule has 1 aliphatic heterocycles. The first-order chi connectivity index (χ1) is 9.89. The van der Waals surface area contributed by atoms with Crippen LogP contribution in [0.3, 0.4) is 0 Å². The van der Waals surface area contributed by atoms with Crippen molar-refractivity contribution in [1.82, 2.24) is 10.6 Å². The minimum absolute atomic E-state index is 0.299. The van der Waals surface area contributed by atoms with Crippen molar-refractivity contribution in [1.29, 1.82) is 0 Å². The van der Waals surface area contributed by atoms with E-state index in [0.29, 0.717) is 18.4 Å². The van der Waals surface area contributed by atoms with Crippen LogP contribution in [0.5, 0.6) is 0 Å². The van der Waals surface area contributed by atoms with Crippen LogP contribution >= 0.6 is 0 Å². The summed E-state index contributed by atoms with van der Waals surface area (Å²) in [5.41, 5.74) is -1.20. The van der Waals surface area contributed by atoms with Crippen LogP contribution < -0.4 is 10.6 Å². The zero-order valence-electron chi connectivity index (χ0n) is 11.8. The first-order valence-corrected chi connectivity index (χ1v) is 7.04. The van der Waals surface area contributed by atoms with Crippen molar-refractivity contribution in [2.24, 2.45) is 11.8 Å². The van der Waals surface area contributed by atoms with E-state index in [1.54, 1.807) is 0 Å². The Morgan fingerprint density at radius 3 is 2.76 bits per heavy atom. The molecule has 0 spiro atoms. The van der Waals surface area contributed by atoms with E-state index in [-0.39, 0.29) is 5.56 Å². The Morgan fingerprint density at radius 1 is 1.38 bits per heavy atom. The van der Waals surface area contributed by atoms with E-state index < -0.39 is 17.6 Å². The summed E-state index contributed by atoms with van der Waals surface area (Å²) >= 11 is 0. The fraction of sp³-hybridized carbons (Fsp3) is 0.533. The first-order valence-electron chi connectivity index (χ1n) is 7.04. The number of hydrogen-bond donors (Lipinski definition) is 2. The molecule has 0 aliphatic carbocycles. The molecule has 2 unspecified atom stereocenters. The second kappa shape index (κ2) is 6.47. The summed E-state index contributed by atoms with van der Waals surface area (Å²) in [5, 5.41) is 5.90. The smallest absolute Gasteiger partial charge is 0.352 e. The van der Waals surface area contributed by atoms with Crippen LogP contribution in [0, 0.1) is 11.8 Å². The van der Waals surface area contributed by atoms with E-state index >= 15 is 0 Å². The Hall–Kier alpha value is -1.56. The molecule has 6 heteroatoms. The lowest BCUT2D eigenvalue weighted by molar-refractivity contribution is -0.137. The minimum Gasteiger partial charge on any atom is -0.352 e. The Kier molecular flexibility index (Phi) is 4.88. The standard InChI is InChI=1S/C15H19F3N2O/c1-10-8-19-7-6-11(10)9-20-14(21)12-4-2-3-5-13(12)15(16,17)18/h2-5,10-11,19H,6-9H2,1H3,(H,20,21). The molecule has 1 heterocycles. The predicted molar refractivity (Wildman–Crippen MR) is 73.9 cm³/mol. The normalized spacial score (nSPS) is 22.9. The number of hydrogen-bond acceptors (Lipinski definition) is 2. The van der Waals surface area contributed by atoms with E-state index in [2.05, 4.69) is 17.6 Å². The van der Waals surface area contributed by atoms with Gasteiger partial charge in [0.15, 0.2) is 0 Å². The van der Waals surface area contributed by atoms with Gasteiger partial charge in [0.25, 0.3) is 5.91 Å². The summed E-state index contributed by atoms with van der Waals surface area (Å²) in [6, 6.07) is 4.87. The molecule has 1 aromatic rings. The summed E-state index contributed by atoms with van der Waals surface area (Å²) in [6.07, 6.45) is -3.60. The monoisotopic (exact) mass is 300 g/mol. The zero-order valence-corrected chi connectivity index (χ0v) is 11.8. The van der Waals surface area contributed by atoms with Crippen molar-refractivity contribution in [2.45, 2.75) is 19.5 Å². The highest BCUT2D eigenvalue weighted by atomic mass is 19.4. The number of rotatable bonds is 3. The molecule has 21 heavy (non-hydrogen) atoms. The Labute approximate surface area is 121 Å². The van der Waals surface area contributed by atoms with Crippen molar-refractivity contribution in [3.8, 4) is 0 Å². The highest BCUT2D eigenvalue weighted by molar-refractivity contribution is 5.95. The van der Waals surface area contributed by atoms with Gasteiger partial charge in [-0.05, 0) is 43.5 Å². The second-order valence-electron chi connectivity index (χ2n) is 5.48. The fourth-order valence-electron chi connectivity index (χ4n) is 2.62. The molecule has 0 bridgehead atoms. The van der Waals surface area contributed by atoms with Gasteiger partial charge in [-0.2, -0.15) is 13.2 Å². The summed E-state index contributed by atoms with van der Waals surface area (Å²) in [4.78, 5) is 12.0. The van der Waals surface area contributed by atoms with Crippen LogP contribution in [-0.2, 0) is 6.18 Å². The first kappa shape index (κ1) is 15.8. The number of amides is 1. The summed E-state index contributed by atoms with van der Waals surface area (Å²) in [7, 11) is 0. The van der Waals surface area contributed by atoms with Gasteiger partial charge in [0.2, 0.25) is 0 Å². The molecule has 3 nitrogen and oxygen atoms in total. The molecule has 2 rings (SSSR count). The van der Waals surface area contributed by atoms with Crippen LogP contribution in [0.4, 0.5) is 13.2 Å². The van der Waals surface area contributed by atoms with Crippen molar-refractivity contribution in [2.75, 3.05) is 19.6 Å². The number of carbonyl (C=O) groups excluding carboxylic acids is 1. The van der Waals surface area contributed by atoms with Gasteiger partial charge in [0.1, 0.15) is 0 Å². The number of nitrogens with one attached hydrogen (secondary N) is 2. The summed E-state index contributed by atoms with van der Waals surface area (Å²) in [6.45, 7) is 4.24. The average molecular weight is 300 g/mol. The molecular weight excluding hydrogens is 281 g/mol. The summed E-state index contributed by atoms with van der Waals surface area (Å²) in [5.74, 6) is 0.0406. The number of alkyl halides is 3. The maximum absolute atomic E-state index is 12.9. The molecule has 2 N–H and O–H groups in total. The minimum atomic E-state index is -4.52. The molecule has 0 aromatic heterocycles. The Bertz CT molecular complexity index is 502. The predicted octanol–water partition coefficient (Wildman–Crippen LogP) is 2.68. The average Bonchev–Trinajstić information content (AvgIpc) is 2.45. The van der Waals surface area contributed by atoms with E-state index in [4.69, 9.17) is 0 Å². The second-order valence-corrected chi connectivity index (χ2v) is 5.48. The van der Waals surface area contributed by atoms with Gasteiger partial charge in [-0.1, -0.05) is 19.1 Å². The van der Waals surface area contributed by atoms with E-state index in [0.717, 1.165) is 25.6 Å². The van der Waals surface area contributed by atoms with Gasteiger partial charge >= 0.3 is 6.18 Å². The van der Waals surface area contributed by atoms with E-state index in [1.807, 2.05) is 0 Å². The lowest BCUT2D eigenvalue weighted by atomic mass is 9.88. The Morgan fingerprint density at radius 2 is 2.10 bits per heavy atom. The molecule has 1 amide bonds. The van der Waals surface area contributed by atoms with Crippen molar-refractivity contribution >= 4 is 5.91 Å². The number of carbonyl (C=O) groups is 1. The number of piperidine rings is 1. The van der Waals surface area contributed by atoms with Gasteiger partial charge in [-0.3, -0.25) is 4.79 Å². The van der Waals surface area contributed by atoms with Gasteiger partial charge < -0.3 is 10.6 Å². The number of halogens is 3. The van der Waals surface area contributed by atoms with E-state index in [9.17, 15) is 18.0 Å². The molecule has 1 aromatic carbocycles. The SMILES string of the molecule is CC1CNCCC1CNC(=O)c1ccccc1C(F)(F)F. The lowest BCUT2D eigenvalue weighted by Gasteiger charge is -2.29. The van der Waals surface area contributed by atoms with Crippen LogP contribution in [0.2, 0.25) is 0 Å². The molecule has 0 radical (unpaired) electrons. The van der Waals surface area contributed by atoms with Crippen LogP contribution in [0.15, 0.2) is 24.3 Å². The third kappa shape index (κ3) is 3.97. The lowest BCUT2D eigenvalue weighted by Crippen LogP contribution is -2.41. The molecule has 2 atom stereocenters. The summed E-state index contributed by atoms with van der Waals surface area (Å²) < 4.78 is 38.6. The van der Waals surface area contributed by atoms with Crippen molar-refractivity contribution in [3.63, 3.8) is 0 Å². The van der Waals surface area contributed by atoms with Gasteiger partial charge in [0, 0.05) is 6.54 Å². The maximum Gasteiger partial charge on any atom is 0.417 e. The molecule has 1 fully saturated rings. The molecule has 116 valence electrons. The van der Waals surface area contributed by atoms with Gasteiger partial charge in [0.05, 0.1) is 11.1 Å². The molecule has 1 saturated heterocycles. The van der Waals surface area contributed by atoms with Crippen molar-refractivity contribution in [3.05, 3.63) is 35.4 Å². The third-order valence-corrected chi connectivity index (χ3v) is 3.96. The molecule has 1 aliphatic rings. The van der Waals surface area contributed by atoms with Crippen molar-refractivity contribution < 1.29 is 18.0 Å². The quantitative estimate of drug-likeness (QED) is 0.901. The highest BCUT2D eigenvalue weighted by Gasteiger charge is 2.35. The highest BCUT2D eigenvalue weighted by Crippen LogP contribution is 2.31. The maximum atomic E-state index is 12.9.